The number of fused-ring (bicyclic) bond motifs is 1. The highest BCUT2D eigenvalue weighted by atomic mass is 16.3. The molecule has 0 atom stereocenters. The van der Waals surface area contributed by atoms with Crippen LogP contribution < -0.4 is 5.32 Å². The lowest BCUT2D eigenvalue weighted by Crippen LogP contribution is -2.25. The van der Waals surface area contributed by atoms with E-state index in [0.29, 0.717) is 28.7 Å². The summed E-state index contributed by atoms with van der Waals surface area (Å²) in [4.78, 5) is 6.60. The number of rotatable bonds is 9. The second-order valence-corrected chi connectivity index (χ2v) is 5.79. The molecule has 0 saturated heterocycles. The molecular weight excluding hydrogens is 314 g/mol. The van der Waals surface area contributed by atoms with E-state index in [2.05, 4.69) is 35.6 Å². The van der Waals surface area contributed by atoms with Gasteiger partial charge in [-0.15, -0.1) is 0 Å². The standard InChI is InChI=1S/C20H27N3O2/c1-4-12-21-17-18(22-13-9-14-23(5-2)6-3)20(25)16-11-8-7-10-15(16)19(17)24/h4,7-8,10-12,22,24-25H,1,5-6,9,13-14H2,2-3H3. The van der Waals surface area contributed by atoms with E-state index in [1.54, 1.807) is 12.1 Å². The molecule has 0 unspecified atom stereocenters. The van der Waals surface area contributed by atoms with Crippen LogP contribution in [-0.4, -0.2) is 47.5 Å². The molecule has 0 aliphatic heterocycles. The first-order chi connectivity index (χ1) is 12.1. The zero-order chi connectivity index (χ0) is 18.2. The Balaban J connectivity index is 2.31. The first-order valence-electron chi connectivity index (χ1n) is 8.71. The molecule has 5 nitrogen and oxygen atoms in total. The molecule has 25 heavy (non-hydrogen) atoms. The highest BCUT2D eigenvalue weighted by Gasteiger charge is 2.18. The van der Waals surface area contributed by atoms with E-state index in [1.165, 1.54) is 12.3 Å². The van der Waals surface area contributed by atoms with Crippen LogP contribution in [-0.2, 0) is 0 Å². The van der Waals surface area contributed by atoms with Crippen LogP contribution in [0.3, 0.4) is 0 Å². The maximum absolute atomic E-state index is 10.7. The molecule has 0 radical (unpaired) electrons. The van der Waals surface area contributed by atoms with Crippen molar-refractivity contribution in [3.05, 3.63) is 36.9 Å². The lowest BCUT2D eigenvalue weighted by Gasteiger charge is -2.19. The van der Waals surface area contributed by atoms with Crippen LogP contribution in [0.4, 0.5) is 11.4 Å². The molecule has 0 aliphatic rings. The maximum atomic E-state index is 10.7. The Bertz CT molecular complexity index is 752. The number of phenols is 2. The Hall–Kier alpha value is -2.53. The predicted octanol–water partition coefficient (Wildman–Crippen LogP) is 4.28. The lowest BCUT2D eigenvalue weighted by molar-refractivity contribution is 0.303. The van der Waals surface area contributed by atoms with E-state index in [9.17, 15) is 10.2 Å². The molecule has 2 rings (SSSR count). The van der Waals surface area contributed by atoms with E-state index in [4.69, 9.17) is 0 Å². The van der Waals surface area contributed by atoms with Crippen LogP contribution in [0.2, 0.25) is 0 Å². The predicted molar refractivity (Wildman–Crippen MR) is 107 cm³/mol. The lowest BCUT2D eigenvalue weighted by atomic mass is 10.1. The van der Waals surface area contributed by atoms with Gasteiger partial charge in [0.15, 0.2) is 5.75 Å². The van der Waals surface area contributed by atoms with Crippen LogP contribution in [0.5, 0.6) is 11.5 Å². The highest BCUT2D eigenvalue weighted by Crippen LogP contribution is 2.48. The van der Waals surface area contributed by atoms with Gasteiger partial charge in [0.25, 0.3) is 0 Å². The fraction of sp³-hybridized carbons (Fsp3) is 0.350. The van der Waals surface area contributed by atoms with Gasteiger partial charge in [0, 0.05) is 23.5 Å². The van der Waals surface area contributed by atoms with E-state index in [1.807, 2.05) is 12.1 Å². The van der Waals surface area contributed by atoms with Crippen LogP contribution in [0, 0.1) is 0 Å². The minimum absolute atomic E-state index is 0.0535. The maximum Gasteiger partial charge on any atom is 0.151 e. The van der Waals surface area contributed by atoms with Crippen LogP contribution in [0.1, 0.15) is 20.3 Å². The molecule has 0 saturated carbocycles. The zero-order valence-electron chi connectivity index (χ0n) is 15.0. The van der Waals surface area contributed by atoms with Gasteiger partial charge in [0.05, 0.1) is 0 Å². The topological polar surface area (TPSA) is 68.1 Å². The number of allylic oxidation sites excluding steroid dienone is 1. The molecule has 0 fully saturated rings. The van der Waals surface area contributed by atoms with Crippen molar-refractivity contribution in [2.45, 2.75) is 20.3 Å². The van der Waals surface area contributed by atoms with Crippen LogP contribution in [0.15, 0.2) is 41.9 Å². The number of nitrogens with zero attached hydrogens (tertiary/aromatic N) is 2. The molecule has 0 spiro atoms. The van der Waals surface area contributed by atoms with Crippen LogP contribution in [0.25, 0.3) is 10.8 Å². The third-order valence-corrected chi connectivity index (χ3v) is 4.29. The molecule has 0 aliphatic carbocycles. The number of benzene rings is 2. The van der Waals surface area contributed by atoms with E-state index in [0.717, 1.165) is 26.1 Å². The van der Waals surface area contributed by atoms with Gasteiger partial charge in [0.1, 0.15) is 17.1 Å². The third kappa shape index (κ3) is 4.31. The van der Waals surface area contributed by atoms with Gasteiger partial charge in [-0.25, -0.2) is 0 Å². The van der Waals surface area contributed by atoms with Crippen molar-refractivity contribution in [1.29, 1.82) is 0 Å². The van der Waals surface area contributed by atoms with Crippen molar-refractivity contribution in [3.63, 3.8) is 0 Å². The van der Waals surface area contributed by atoms with Gasteiger partial charge >= 0.3 is 0 Å². The van der Waals surface area contributed by atoms with Gasteiger partial charge < -0.3 is 20.4 Å². The molecule has 0 aromatic heterocycles. The quantitative estimate of drug-likeness (QED) is 0.275. The highest BCUT2D eigenvalue weighted by molar-refractivity contribution is 6.04. The first kappa shape index (κ1) is 18.8. The monoisotopic (exact) mass is 341 g/mol. The van der Waals surface area contributed by atoms with Crippen molar-refractivity contribution < 1.29 is 10.2 Å². The van der Waals surface area contributed by atoms with Crippen LogP contribution >= 0.6 is 0 Å². The van der Waals surface area contributed by atoms with Gasteiger partial charge in [-0.05, 0) is 26.1 Å². The molecule has 2 aromatic rings. The minimum Gasteiger partial charge on any atom is -0.505 e. The molecule has 0 heterocycles. The van der Waals surface area contributed by atoms with E-state index in [-0.39, 0.29) is 11.5 Å². The van der Waals surface area contributed by atoms with E-state index < -0.39 is 0 Å². The average molecular weight is 341 g/mol. The van der Waals surface area contributed by atoms with Gasteiger partial charge in [0.2, 0.25) is 0 Å². The first-order valence-corrected chi connectivity index (χ1v) is 8.71. The summed E-state index contributed by atoms with van der Waals surface area (Å²) in [7, 11) is 0. The number of hydrogen-bond acceptors (Lipinski definition) is 5. The summed E-state index contributed by atoms with van der Waals surface area (Å²) < 4.78 is 0. The molecule has 3 N–H and O–H groups in total. The van der Waals surface area contributed by atoms with Gasteiger partial charge in [-0.1, -0.05) is 50.8 Å². The fourth-order valence-electron chi connectivity index (χ4n) is 2.87. The number of aliphatic imine (C=N–C) groups is 1. The summed E-state index contributed by atoms with van der Waals surface area (Å²) in [6.07, 6.45) is 3.97. The Labute approximate surface area is 149 Å². The molecule has 2 aromatic carbocycles. The summed E-state index contributed by atoms with van der Waals surface area (Å²) in [6.45, 7) is 11.6. The van der Waals surface area contributed by atoms with Gasteiger partial charge in [-0.3, -0.25) is 4.99 Å². The smallest absolute Gasteiger partial charge is 0.151 e. The number of aromatic hydroxyl groups is 2. The summed E-state index contributed by atoms with van der Waals surface area (Å²) in [5.41, 5.74) is 0.785. The summed E-state index contributed by atoms with van der Waals surface area (Å²) in [5, 5.41) is 25.7. The SMILES string of the molecule is C=CC=Nc1c(NCCCN(CC)CC)c(O)c2ccccc2c1O. The Morgan fingerprint density at radius 1 is 1.12 bits per heavy atom. The van der Waals surface area contributed by atoms with Crippen molar-refractivity contribution >= 4 is 28.4 Å². The Kier molecular flexibility index (Phi) is 6.83. The second kappa shape index (κ2) is 9.08. The molecule has 5 heteroatoms. The number of hydrogen-bond donors (Lipinski definition) is 3. The van der Waals surface area contributed by atoms with Crippen molar-refractivity contribution in [2.24, 2.45) is 4.99 Å². The Morgan fingerprint density at radius 2 is 1.76 bits per heavy atom. The number of anilines is 1. The number of phenolic OH excluding ortho intramolecular Hbond substituents is 2. The molecule has 0 amide bonds. The molecule has 134 valence electrons. The third-order valence-electron chi connectivity index (χ3n) is 4.29. The summed E-state index contributed by atoms with van der Waals surface area (Å²) in [5.74, 6) is 0.158. The Morgan fingerprint density at radius 3 is 2.36 bits per heavy atom. The normalized spacial score (nSPS) is 11.5. The largest absolute Gasteiger partial charge is 0.505 e. The fourth-order valence-corrected chi connectivity index (χ4v) is 2.87. The van der Waals surface area contributed by atoms with E-state index >= 15 is 0 Å². The summed E-state index contributed by atoms with van der Waals surface area (Å²) in [6, 6.07) is 7.20. The molecular formula is C20H27N3O2. The number of nitrogens with one attached hydrogen (secondary N) is 1. The average Bonchev–Trinajstić information content (AvgIpc) is 2.65. The second-order valence-electron chi connectivity index (χ2n) is 5.79. The zero-order valence-corrected chi connectivity index (χ0v) is 15.0. The van der Waals surface area contributed by atoms with Crippen molar-refractivity contribution in [3.8, 4) is 11.5 Å². The molecule has 0 bridgehead atoms. The summed E-state index contributed by atoms with van der Waals surface area (Å²) >= 11 is 0. The van der Waals surface area contributed by atoms with Crippen molar-refractivity contribution in [2.75, 3.05) is 31.5 Å². The minimum atomic E-state index is 0.0535. The van der Waals surface area contributed by atoms with Gasteiger partial charge in [-0.2, -0.15) is 0 Å². The van der Waals surface area contributed by atoms with Crippen molar-refractivity contribution in [1.82, 2.24) is 4.90 Å².